The summed E-state index contributed by atoms with van der Waals surface area (Å²) in [6.07, 6.45) is 9.70. The van der Waals surface area contributed by atoms with Crippen molar-refractivity contribution in [3.8, 4) is 34.2 Å². The van der Waals surface area contributed by atoms with E-state index in [1.165, 1.54) is 32.4 Å². The van der Waals surface area contributed by atoms with Crippen molar-refractivity contribution >= 4 is 11.3 Å². The molecule has 0 amide bonds. The standard InChI is InChI=1S/C22H19N5O.C6H13N/c1-26(2)21-9-8-17(12-25-21)22-18(16-6-4-15(11-23)5-7-16)10-20(28-3)19-13-24-14-27(19)22;1-7-5-3-2-4-6-7/h4-10,12-14H,1-3H3;2-6H2,1H3. The van der Waals surface area contributed by atoms with Crippen molar-refractivity contribution in [3.63, 3.8) is 0 Å². The number of anilines is 1. The highest BCUT2D eigenvalue weighted by Gasteiger charge is 2.17. The van der Waals surface area contributed by atoms with Gasteiger partial charge in [-0.2, -0.15) is 5.26 Å². The van der Waals surface area contributed by atoms with Crippen molar-refractivity contribution in [2.24, 2.45) is 0 Å². The summed E-state index contributed by atoms with van der Waals surface area (Å²) in [4.78, 5) is 13.2. The predicted octanol–water partition coefficient (Wildman–Crippen LogP) is 5.11. The molecule has 0 radical (unpaired) electrons. The number of pyridine rings is 2. The molecule has 1 aliphatic rings. The van der Waals surface area contributed by atoms with E-state index in [9.17, 15) is 0 Å². The molecule has 0 bridgehead atoms. The fourth-order valence-electron chi connectivity index (χ4n) is 4.30. The quantitative estimate of drug-likeness (QED) is 0.414. The monoisotopic (exact) mass is 468 g/mol. The van der Waals surface area contributed by atoms with E-state index < -0.39 is 0 Å². The topological polar surface area (TPSA) is 69.7 Å². The zero-order valence-electron chi connectivity index (χ0n) is 20.9. The largest absolute Gasteiger partial charge is 0.494 e. The average molecular weight is 469 g/mol. The lowest BCUT2D eigenvalue weighted by Gasteiger charge is -2.20. The lowest BCUT2D eigenvalue weighted by Crippen LogP contribution is -2.24. The molecule has 1 aromatic carbocycles. The Hall–Kier alpha value is -3.89. The van der Waals surface area contributed by atoms with Gasteiger partial charge in [-0.05, 0) is 68.9 Å². The predicted molar refractivity (Wildman–Crippen MR) is 141 cm³/mol. The number of aromatic nitrogens is 3. The van der Waals surface area contributed by atoms with Gasteiger partial charge in [0.2, 0.25) is 0 Å². The normalized spacial score (nSPS) is 13.6. The third kappa shape index (κ3) is 5.44. The smallest absolute Gasteiger partial charge is 0.145 e. The molecule has 0 N–H and O–H groups in total. The molecular weight excluding hydrogens is 436 g/mol. The zero-order chi connectivity index (χ0) is 24.8. The first-order valence-corrected chi connectivity index (χ1v) is 11.9. The highest BCUT2D eigenvalue weighted by atomic mass is 16.5. The molecule has 0 spiro atoms. The van der Waals surface area contributed by atoms with E-state index in [-0.39, 0.29) is 0 Å². The number of hydrogen-bond donors (Lipinski definition) is 0. The fraction of sp³-hybridized carbons (Fsp3) is 0.321. The Morgan fingerprint density at radius 1 is 0.971 bits per heavy atom. The van der Waals surface area contributed by atoms with Crippen molar-refractivity contribution in [3.05, 3.63) is 66.7 Å². The van der Waals surface area contributed by atoms with Gasteiger partial charge in [0, 0.05) is 31.4 Å². The number of likely N-dealkylation sites (tertiary alicyclic amines) is 1. The molecule has 0 atom stereocenters. The second kappa shape index (κ2) is 11.0. The summed E-state index contributed by atoms with van der Waals surface area (Å²) in [6, 6.07) is 15.7. The van der Waals surface area contributed by atoms with Crippen LogP contribution in [0.2, 0.25) is 0 Å². The van der Waals surface area contributed by atoms with Crippen LogP contribution >= 0.6 is 0 Å². The highest BCUT2D eigenvalue weighted by Crippen LogP contribution is 2.37. The molecule has 0 unspecified atom stereocenters. The summed E-state index contributed by atoms with van der Waals surface area (Å²) in [5.74, 6) is 1.62. The molecule has 7 heteroatoms. The number of piperidine rings is 1. The number of benzene rings is 1. The molecule has 4 heterocycles. The summed E-state index contributed by atoms with van der Waals surface area (Å²) >= 11 is 0. The summed E-state index contributed by atoms with van der Waals surface area (Å²) in [5.41, 5.74) is 5.40. The van der Waals surface area contributed by atoms with Gasteiger partial charge in [-0.1, -0.05) is 18.6 Å². The number of hydrogen-bond acceptors (Lipinski definition) is 6. The van der Waals surface area contributed by atoms with E-state index in [0.717, 1.165) is 39.5 Å². The molecule has 0 saturated carbocycles. The molecule has 7 nitrogen and oxygen atoms in total. The second-order valence-electron chi connectivity index (χ2n) is 8.98. The van der Waals surface area contributed by atoms with E-state index in [1.54, 1.807) is 19.6 Å². The fourth-order valence-corrected chi connectivity index (χ4v) is 4.30. The Morgan fingerprint density at radius 3 is 2.23 bits per heavy atom. The first kappa shape index (κ1) is 24.2. The number of rotatable bonds is 4. The van der Waals surface area contributed by atoms with Gasteiger partial charge in [0.15, 0.2) is 0 Å². The Morgan fingerprint density at radius 2 is 1.69 bits per heavy atom. The zero-order valence-corrected chi connectivity index (χ0v) is 20.9. The SMILES string of the molecule is CN1CCCCC1.COc1cc(-c2ccc(C#N)cc2)c(-c2ccc(N(C)C)nc2)n2cncc12. The van der Waals surface area contributed by atoms with Crippen LogP contribution in [-0.2, 0) is 0 Å². The molecule has 1 saturated heterocycles. The third-order valence-corrected chi connectivity index (χ3v) is 6.27. The molecule has 0 aliphatic carbocycles. The van der Waals surface area contributed by atoms with Crippen LogP contribution in [-0.4, -0.2) is 60.6 Å². The van der Waals surface area contributed by atoms with Crippen LogP contribution in [0.4, 0.5) is 5.82 Å². The molecule has 35 heavy (non-hydrogen) atoms. The highest BCUT2D eigenvalue weighted by molar-refractivity contribution is 5.86. The summed E-state index contributed by atoms with van der Waals surface area (Å²) in [6.45, 7) is 2.64. The average Bonchev–Trinajstić information content (AvgIpc) is 3.39. The molecule has 180 valence electrons. The minimum Gasteiger partial charge on any atom is -0.494 e. The van der Waals surface area contributed by atoms with Crippen molar-refractivity contribution in [2.45, 2.75) is 19.3 Å². The van der Waals surface area contributed by atoms with Gasteiger partial charge in [0.1, 0.15) is 17.1 Å². The molecular formula is C28H32N6O. The maximum absolute atomic E-state index is 9.10. The van der Waals surface area contributed by atoms with Crippen molar-refractivity contribution in [1.29, 1.82) is 5.26 Å². The van der Waals surface area contributed by atoms with Gasteiger partial charge in [-0.15, -0.1) is 0 Å². The van der Waals surface area contributed by atoms with Gasteiger partial charge in [0.25, 0.3) is 0 Å². The van der Waals surface area contributed by atoms with Crippen LogP contribution in [0.15, 0.2) is 61.2 Å². The van der Waals surface area contributed by atoms with Gasteiger partial charge >= 0.3 is 0 Å². The van der Waals surface area contributed by atoms with E-state index in [2.05, 4.69) is 34.1 Å². The number of nitriles is 1. The second-order valence-corrected chi connectivity index (χ2v) is 8.98. The summed E-state index contributed by atoms with van der Waals surface area (Å²) in [5, 5.41) is 9.10. The van der Waals surface area contributed by atoms with Crippen molar-refractivity contribution in [1.82, 2.24) is 19.3 Å². The Balaban J connectivity index is 0.000000356. The lowest BCUT2D eigenvalue weighted by molar-refractivity contribution is 0.277. The summed E-state index contributed by atoms with van der Waals surface area (Å²) in [7, 11) is 7.77. The Kier molecular flexibility index (Phi) is 7.64. The number of methoxy groups -OCH3 is 1. The maximum atomic E-state index is 9.10. The van der Waals surface area contributed by atoms with Gasteiger partial charge in [0.05, 0.1) is 37.0 Å². The number of imidazole rings is 1. The number of nitrogens with zero attached hydrogens (tertiary/aromatic N) is 6. The molecule has 1 fully saturated rings. The first-order valence-electron chi connectivity index (χ1n) is 11.9. The molecule has 5 rings (SSSR count). The van der Waals surface area contributed by atoms with Crippen molar-refractivity contribution < 1.29 is 4.74 Å². The number of ether oxygens (including phenoxy) is 1. The van der Waals surface area contributed by atoms with Crippen LogP contribution in [0, 0.1) is 11.3 Å². The Bertz CT molecular complexity index is 1300. The van der Waals surface area contributed by atoms with Crippen LogP contribution in [0.25, 0.3) is 27.9 Å². The van der Waals surface area contributed by atoms with Crippen LogP contribution in [0.3, 0.4) is 0 Å². The third-order valence-electron chi connectivity index (χ3n) is 6.27. The minimum atomic E-state index is 0.623. The first-order chi connectivity index (χ1) is 17.0. The maximum Gasteiger partial charge on any atom is 0.145 e. The van der Waals surface area contributed by atoms with Crippen molar-refractivity contribution in [2.75, 3.05) is 46.2 Å². The van der Waals surface area contributed by atoms with E-state index in [4.69, 9.17) is 10.00 Å². The van der Waals surface area contributed by atoms with Crippen LogP contribution in [0.5, 0.6) is 5.75 Å². The van der Waals surface area contributed by atoms with E-state index in [1.807, 2.05) is 66.0 Å². The number of fused-ring (bicyclic) bond motifs is 1. The van der Waals surface area contributed by atoms with E-state index in [0.29, 0.717) is 5.56 Å². The summed E-state index contributed by atoms with van der Waals surface area (Å²) < 4.78 is 7.61. The Labute approximate surface area is 207 Å². The van der Waals surface area contributed by atoms with E-state index >= 15 is 0 Å². The van der Waals surface area contributed by atoms with Gasteiger partial charge in [-0.3, -0.25) is 4.40 Å². The van der Waals surface area contributed by atoms with Gasteiger partial charge < -0.3 is 14.5 Å². The van der Waals surface area contributed by atoms with Gasteiger partial charge in [-0.25, -0.2) is 9.97 Å². The van der Waals surface area contributed by atoms with Crippen LogP contribution < -0.4 is 9.64 Å². The molecule has 3 aromatic heterocycles. The van der Waals surface area contributed by atoms with Crippen LogP contribution in [0.1, 0.15) is 24.8 Å². The lowest BCUT2D eigenvalue weighted by atomic mass is 9.98. The molecule has 1 aliphatic heterocycles. The minimum absolute atomic E-state index is 0.623. The molecule has 4 aromatic rings.